The highest BCUT2D eigenvalue weighted by atomic mass is 35.5. The predicted molar refractivity (Wildman–Crippen MR) is 41.7 cm³/mol. The Balaban J connectivity index is 3.23. The van der Waals surface area contributed by atoms with Crippen LogP contribution in [-0.4, -0.2) is 9.97 Å². The summed E-state index contributed by atoms with van der Waals surface area (Å²) in [6.07, 6.45) is 1.03. The van der Waals surface area contributed by atoms with Crippen LogP contribution in [0.1, 0.15) is 12.6 Å². The van der Waals surface area contributed by atoms with E-state index in [1.807, 2.05) is 0 Å². The number of aromatic nitrogens is 2. The third-order valence-electron chi connectivity index (χ3n) is 1.12. The largest absolute Gasteiger partial charge is 0.223 e. The Morgan fingerprint density at radius 3 is 2.82 bits per heavy atom. The average molecular weight is 173 g/mol. The van der Waals surface area contributed by atoms with Gasteiger partial charge in [-0.05, 0) is 24.1 Å². The maximum atomic E-state index is 12.8. The van der Waals surface area contributed by atoms with Crippen LogP contribution in [0.15, 0.2) is 12.8 Å². The normalized spacial score (nSPS) is 9.73. The van der Waals surface area contributed by atoms with E-state index in [4.69, 9.17) is 11.6 Å². The van der Waals surface area contributed by atoms with E-state index in [1.54, 1.807) is 6.92 Å². The van der Waals surface area contributed by atoms with Crippen LogP contribution in [0.2, 0.25) is 5.28 Å². The van der Waals surface area contributed by atoms with E-state index >= 15 is 0 Å². The molecule has 0 amide bonds. The zero-order chi connectivity index (χ0) is 8.43. The molecule has 0 N–H and O–H groups in total. The number of halogens is 2. The molecule has 0 spiro atoms. The van der Waals surface area contributed by atoms with Crippen molar-refractivity contribution in [1.82, 2.24) is 9.97 Å². The van der Waals surface area contributed by atoms with Crippen LogP contribution in [0.5, 0.6) is 0 Å². The Morgan fingerprint density at radius 2 is 2.36 bits per heavy atom. The second-order valence-electron chi connectivity index (χ2n) is 2.12. The fraction of sp³-hybridized carbons (Fsp3) is 0.143. The molecule has 0 saturated heterocycles. The van der Waals surface area contributed by atoms with Gasteiger partial charge >= 0.3 is 0 Å². The summed E-state index contributed by atoms with van der Waals surface area (Å²) < 4.78 is 12.8. The Morgan fingerprint density at radius 1 is 1.73 bits per heavy atom. The van der Waals surface area contributed by atoms with Gasteiger partial charge in [-0.1, -0.05) is 6.58 Å². The van der Waals surface area contributed by atoms with Crippen molar-refractivity contribution in [3.8, 4) is 0 Å². The van der Waals surface area contributed by atoms with E-state index in [0.29, 0.717) is 5.57 Å². The molecule has 0 bridgehead atoms. The van der Waals surface area contributed by atoms with Crippen LogP contribution in [0, 0.1) is 5.82 Å². The minimum Gasteiger partial charge on any atom is -0.223 e. The molecule has 1 aromatic rings. The van der Waals surface area contributed by atoms with E-state index in [9.17, 15) is 4.39 Å². The van der Waals surface area contributed by atoms with E-state index in [0.717, 1.165) is 6.20 Å². The standard InChI is InChI=1S/C7H6ClFN2/c1-4(2)6-5(9)3-10-7(8)11-6/h3H,1H2,2H3. The quantitative estimate of drug-likeness (QED) is 0.608. The molecular weight excluding hydrogens is 167 g/mol. The molecule has 0 aromatic carbocycles. The molecule has 0 aliphatic carbocycles. The molecule has 2 nitrogen and oxygen atoms in total. The second-order valence-corrected chi connectivity index (χ2v) is 2.45. The molecule has 0 aliphatic rings. The molecule has 0 atom stereocenters. The van der Waals surface area contributed by atoms with Crippen molar-refractivity contribution in [1.29, 1.82) is 0 Å². The third kappa shape index (κ3) is 1.74. The lowest BCUT2D eigenvalue weighted by Crippen LogP contribution is -1.93. The summed E-state index contributed by atoms with van der Waals surface area (Å²) in [5.74, 6) is -0.498. The molecule has 1 rings (SSSR count). The maximum absolute atomic E-state index is 12.8. The Bertz CT molecular complexity index is 298. The molecular formula is C7H6ClFN2. The van der Waals surface area contributed by atoms with Crippen molar-refractivity contribution in [3.05, 3.63) is 29.6 Å². The average Bonchev–Trinajstić information content (AvgIpc) is 1.94. The molecule has 0 saturated carbocycles. The summed E-state index contributed by atoms with van der Waals surface area (Å²) in [4.78, 5) is 7.11. The van der Waals surface area contributed by atoms with Gasteiger partial charge in [-0.3, -0.25) is 0 Å². The zero-order valence-electron chi connectivity index (χ0n) is 5.93. The highest BCUT2D eigenvalue weighted by Gasteiger charge is 2.05. The van der Waals surface area contributed by atoms with Crippen LogP contribution in [0.4, 0.5) is 4.39 Å². The molecule has 0 radical (unpaired) electrons. The number of rotatable bonds is 1. The van der Waals surface area contributed by atoms with Gasteiger partial charge in [0.1, 0.15) is 5.69 Å². The van der Waals surface area contributed by atoms with E-state index < -0.39 is 5.82 Å². The zero-order valence-corrected chi connectivity index (χ0v) is 6.69. The SMILES string of the molecule is C=C(C)c1nc(Cl)ncc1F. The third-order valence-corrected chi connectivity index (χ3v) is 1.30. The van der Waals surface area contributed by atoms with Crippen LogP contribution in [-0.2, 0) is 0 Å². The first-order valence-corrected chi connectivity index (χ1v) is 3.33. The van der Waals surface area contributed by atoms with Gasteiger partial charge in [-0.25, -0.2) is 14.4 Å². The monoisotopic (exact) mass is 172 g/mol. The summed E-state index contributed by atoms with van der Waals surface area (Å²) in [7, 11) is 0. The van der Waals surface area contributed by atoms with Crippen LogP contribution in [0.3, 0.4) is 0 Å². The minimum absolute atomic E-state index is 0.0319. The van der Waals surface area contributed by atoms with Gasteiger partial charge in [0.2, 0.25) is 5.28 Å². The van der Waals surface area contributed by atoms with Crippen molar-refractivity contribution < 1.29 is 4.39 Å². The lowest BCUT2D eigenvalue weighted by Gasteiger charge is -1.98. The van der Waals surface area contributed by atoms with Gasteiger partial charge in [0.25, 0.3) is 0 Å². The summed E-state index contributed by atoms with van der Waals surface area (Å²) in [6, 6.07) is 0. The van der Waals surface area contributed by atoms with Gasteiger partial charge in [0, 0.05) is 0 Å². The fourth-order valence-electron chi connectivity index (χ4n) is 0.645. The smallest absolute Gasteiger partial charge is 0.223 e. The summed E-state index contributed by atoms with van der Waals surface area (Å²) in [5.41, 5.74) is 0.705. The van der Waals surface area contributed by atoms with Gasteiger partial charge in [0.15, 0.2) is 5.82 Å². The summed E-state index contributed by atoms with van der Waals surface area (Å²) in [6.45, 7) is 5.19. The van der Waals surface area contributed by atoms with Crippen molar-refractivity contribution in [2.45, 2.75) is 6.92 Å². The van der Waals surface area contributed by atoms with Crippen molar-refractivity contribution in [2.24, 2.45) is 0 Å². The first kappa shape index (κ1) is 8.14. The van der Waals surface area contributed by atoms with Crippen LogP contribution < -0.4 is 0 Å². The molecule has 0 aliphatic heterocycles. The highest BCUT2D eigenvalue weighted by Crippen LogP contribution is 2.13. The Hall–Kier alpha value is -0.960. The van der Waals surface area contributed by atoms with Gasteiger partial charge in [-0.2, -0.15) is 0 Å². The number of allylic oxidation sites excluding steroid dienone is 1. The molecule has 11 heavy (non-hydrogen) atoms. The number of nitrogens with zero attached hydrogens (tertiary/aromatic N) is 2. The fourth-order valence-corrected chi connectivity index (χ4v) is 0.778. The van der Waals surface area contributed by atoms with Gasteiger partial charge < -0.3 is 0 Å². The molecule has 0 unspecified atom stereocenters. The molecule has 4 heteroatoms. The topological polar surface area (TPSA) is 25.8 Å². The minimum atomic E-state index is -0.498. The van der Waals surface area contributed by atoms with E-state index in [2.05, 4.69) is 16.5 Å². The number of hydrogen-bond acceptors (Lipinski definition) is 2. The predicted octanol–water partition coefficient (Wildman–Crippen LogP) is 2.30. The van der Waals surface area contributed by atoms with Crippen LogP contribution >= 0.6 is 11.6 Å². The second kappa shape index (κ2) is 2.96. The summed E-state index contributed by atoms with van der Waals surface area (Å²) >= 11 is 5.43. The first-order valence-electron chi connectivity index (χ1n) is 2.95. The molecule has 1 heterocycles. The van der Waals surface area contributed by atoms with E-state index in [-0.39, 0.29) is 11.0 Å². The Labute approximate surface area is 68.7 Å². The first-order chi connectivity index (χ1) is 5.11. The van der Waals surface area contributed by atoms with Crippen molar-refractivity contribution in [2.75, 3.05) is 0 Å². The Kier molecular flexibility index (Phi) is 2.19. The maximum Gasteiger partial charge on any atom is 0.223 e. The van der Waals surface area contributed by atoms with Crippen molar-refractivity contribution in [3.63, 3.8) is 0 Å². The van der Waals surface area contributed by atoms with E-state index in [1.165, 1.54) is 0 Å². The van der Waals surface area contributed by atoms with Crippen molar-refractivity contribution >= 4 is 17.2 Å². The lowest BCUT2D eigenvalue weighted by atomic mass is 10.2. The number of hydrogen-bond donors (Lipinski definition) is 0. The van der Waals surface area contributed by atoms with Crippen LogP contribution in [0.25, 0.3) is 5.57 Å². The molecule has 0 fully saturated rings. The summed E-state index contributed by atoms with van der Waals surface area (Å²) in [5, 5.41) is 0.0319. The van der Waals surface area contributed by atoms with Gasteiger partial charge in [0.05, 0.1) is 6.20 Å². The highest BCUT2D eigenvalue weighted by molar-refractivity contribution is 6.28. The van der Waals surface area contributed by atoms with Gasteiger partial charge in [-0.15, -0.1) is 0 Å². The molecule has 1 aromatic heterocycles. The molecule has 58 valence electrons. The lowest BCUT2D eigenvalue weighted by molar-refractivity contribution is 0.608.